The summed E-state index contributed by atoms with van der Waals surface area (Å²) in [5.41, 5.74) is 2.84. The van der Waals surface area contributed by atoms with Gasteiger partial charge in [0, 0.05) is 18.3 Å². The number of hydrogen-bond donors (Lipinski definition) is 2. The van der Waals surface area contributed by atoms with Gasteiger partial charge in [-0.1, -0.05) is 36.4 Å². The number of rotatable bonds is 6. The van der Waals surface area contributed by atoms with Crippen molar-refractivity contribution in [3.63, 3.8) is 0 Å². The largest absolute Gasteiger partial charge is 0.370 e. The van der Waals surface area contributed by atoms with Crippen LogP contribution in [0.2, 0.25) is 0 Å². The molecule has 0 saturated heterocycles. The molecule has 0 unspecified atom stereocenters. The van der Waals surface area contributed by atoms with Crippen molar-refractivity contribution in [3.05, 3.63) is 77.9 Å². The van der Waals surface area contributed by atoms with Crippen LogP contribution >= 0.6 is 0 Å². The molecule has 3 aromatic rings. The van der Waals surface area contributed by atoms with Crippen LogP contribution in [0.1, 0.15) is 11.1 Å². The maximum Gasteiger partial charge on any atom is 0.135 e. The fraction of sp³-hybridized carbons (Fsp3) is 0.158. The standard InChI is InChI=1S/C19H19FN4/c1-14-6-2-5-9-17(14)24-19-12-18(22-13-23-19)21-11-10-15-7-3-4-8-16(15)20/h2-9,12-13H,10-11H2,1H3,(H2,21,22,23,24). The summed E-state index contributed by atoms with van der Waals surface area (Å²) in [4.78, 5) is 8.44. The van der Waals surface area contributed by atoms with Crippen molar-refractivity contribution in [2.24, 2.45) is 0 Å². The van der Waals surface area contributed by atoms with Gasteiger partial charge < -0.3 is 10.6 Å². The number of aromatic nitrogens is 2. The van der Waals surface area contributed by atoms with Crippen LogP contribution in [0.15, 0.2) is 60.9 Å². The van der Waals surface area contributed by atoms with Crippen molar-refractivity contribution >= 4 is 17.3 Å². The summed E-state index contributed by atoms with van der Waals surface area (Å²) in [5, 5.41) is 6.48. The highest BCUT2D eigenvalue weighted by Gasteiger charge is 2.03. The minimum Gasteiger partial charge on any atom is -0.370 e. The first kappa shape index (κ1) is 15.9. The number of hydrogen-bond acceptors (Lipinski definition) is 4. The smallest absolute Gasteiger partial charge is 0.135 e. The third kappa shape index (κ3) is 4.07. The minimum atomic E-state index is -0.177. The van der Waals surface area contributed by atoms with Crippen LogP contribution in [0.25, 0.3) is 0 Å². The molecule has 0 fully saturated rings. The van der Waals surface area contributed by atoms with E-state index in [9.17, 15) is 4.39 Å². The first-order chi connectivity index (χ1) is 11.7. The van der Waals surface area contributed by atoms with E-state index in [-0.39, 0.29) is 5.82 Å². The van der Waals surface area contributed by atoms with E-state index in [1.54, 1.807) is 12.1 Å². The maximum absolute atomic E-state index is 13.6. The van der Waals surface area contributed by atoms with E-state index < -0.39 is 0 Å². The molecular weight excluding hydrogens is 303 g/mol. The van der Waals surface area contributed by atoms with Gasteiger partial charge in [-0.2, -0.15) is 0 Å². The highest BCUT2D eigenvalue weighted by Crippen LogP contribution is 2.19. The van der Waals surface area contributed by atoms with Gasteiger partial charge in [-0.3, -0.25) is 0 Å². The molecule has 0 saturated carbocycles. The summed E-state index contributed by atoms with van der Waals surface area (Å²) in [6.45, 7) is 2.64. The van der Waals surface area contributed by atoms with Crippen molar-refractivity contribution < 1.29 is 4.39 Å². The minimum absolute atomic E-state index is 0.177. The van der Waals surface area contributed by atoms with Gasteiger partial charge in [0.15, 0.2) is 0 Å². The number of nitrogens with one attached hydrogen (secondary N) is 2. The molecule has 0 aliphatic rings. The van der Waals surface area contributed by atoms with Gasteiger partial charge in [-0.25, -0.2) is 14.4 Å². The monoisotopic (exact) mass is 322 g/mol. The highest BCUT2D eigenvalue weighted by atomic mass is 19.1. The van der Waals surface area contributed by atoms with Crippen LogP contribution in [0.5, 0.6) is 0 Å². The fourth-order valence-electron chi connectivity index (χ4n) is 2.40. The van der Waals surface area contributed by atoms with E-state index in [0.717, 1.165) is 11.3 Å². The van der Waals surface area contributed by atoms with Crippen LogP contribution in [-0.2, 0) is 6.42 Å². The Balaban J connectivity index is 1.61. The van der Waals surface area contributed by atoms with Crippen molar-refractivity contribution in [3.8, 4) is 0 Å². The molecular formula is C19H19FN4. The SMILES string of the molecule is Cc1ccccc1Nc1cc(NCCc2ccccc2F)ncn1. The molecule has 2 aromatic carbocycles. The number of para-hydroxylation sites is 1. The third-order valence-electron chi connectivity index (χ3n) is 3.73. The lowest BCUT2D eigenvalue weighted by Crippen LogP contribution is -2.08. The Bertz CT molecular complexity index is 820. The van der Waals surface area contributed by atoms with Crippen LogP contribution in [0.4, 0.5) is 21.7 Å². The van der Waals surface area contributed by atoms with E-state index in [4.69, 9.17) is 0 Å². The van der Waals surface area contributed by atoms with Gasteiger partial charge in [0.05, 0.1) is 0 Å². The van der Waals surface area contributed by atoms with Crippen LogP contribution in [0.3, 0.4) is 0 Å². The summed E-state index contributed by atoms with van der Waals surface area (Å²) in [5.74, 6) is 1.24. The predicted octanol–water partition coefficient (Wildman–Crippen LogP) is 4.32. The zero-order chi connectivity index (χ0) is 16.8. The molecule has 0 aliphatic heterocycles. The molecule has 0 radical (unpaired) electrons. The lowest BCUT2D eigenvalue weighted by atomic mass is 10.1. The Labute approximate surface area is 140 Å². The normalized spacial score (nSPS) is 10.4. The zero-order valence-corrected chi connectivity index (χ0v) is 13.5. The third-order valence-corrected chi connectivity index (χ3v) is 3.73. The van der Waals surface area contributed by atoms with Gasteiger partial charge in [0.1, 0.15) is 23.8 Å². The molecule has 0 amide bonds. The Hall–Kier alpha value is -2.95. The summed E-state index contributed by atoms with van der Waals surface area (Å²) in [7, 11) is 0. The van der Waals surface area contributed by atoms with Crippen molar-refractivity contribution in [1.82, 2.24) is 9.97 Å². The molecule has 0 atom stereocenters. The number of aryl methyl sites for hydroxylation is 1. The van der Waals surface area contributed by atoms with Crippen LogP contribution < -0.4 is 10.6 Å². The summed E-state index contributed by atoms with van der Waals surface area (Å²) in [6.07, 6.45) is 2.10. The Morgan fingerprint density at radius 2 is 1.71 bits per heavy atom. The van der Waals surface area contributed by atoms with Crippen LogP contribution in [-0.4, -0.2) is 16.5 Å². The molecule has 3 rings (SSSR count). The average Bonchev–Trinajstić information content (AvgIpc) is 2.59. The van der Waals surface area contributed by atoms with Gasteiger partial charge in [0.2, 0.25) is 0 Å². The molecule has 0 spiro atoms. The van der Waals surface area contributed by atoms with Gasteiger partial charge in [-0.15, -0.1) is 0 Å². The zero-order valence-electron chi connectivity index (χ0n) is 13.5. The number of anilines is 3. The first-order valence-electron chi connectivity index (χ1n) is 7.84. The van der Waals surface area contributed by atoms with Crippen molar-refractivity contribution in [2.75, 3.05) is 17.2 Å². The average molecular weight is 322 g/mol. The van der Waals surface area contributed by atoms with E-state index in [1.165, 1.54) is 12.4 Å². The molecule has 0 aliphatic carbocycles. The summed E-state index contributed by atoms with van der Waals surface area (Å²) >= 11 is 0. The molecule has 0 bridgehead atoms. The van der Waals surface area contributed by atoms with E-state index in [0.29, 0.717) is 30.2 Å². The lowest BCUT2D eigenvalue weighted by molar-refractivity contribution is 0.610. The van der Waals surface area contributed by atoms with Crippen molar-refractivity contribution in [1.29, 1.82) is 0 Å². The first-order valence-corrected chi connectivity index (χ1v) is 7.84. The highest BCUT2D eigenvalue weighted by molar-refractivity contribution is 5.61. The quantitative estimate of drug-likeness (QED) is 0.709. The van der Waals surface area contributed by atoms with E-state index in [1.807, 2.05) is 43.3 Å². The van der Waals surface area contributed by atoms with E-state index in [2.05, 4.69) is 20.6 Å². The second-order valence-corrected chi connectivity index (χ2v) is 5.50. The molecule has 1 heterocycles. The molecule has 1 aromatic heterocycles. The summed E-state index contributed by atoms with van der Waals surface area (Å²) in [6, 6.07) is 16.7. The van der Waals surface area contributed by atoms with Gasteiger partial charge in [-0.05, 0) is 36.6 Å². The summed E-state index contributed by atoms with van der Waals surface area (Å²) < 4.78 is 13.6. The maximum atomic E-state index is 13.6. The Kier molecular flexibility index (Phi) is 5.01. The Morgan fingerprint density at radius 3 is 2.54 bits per heavy atom. The van der Waals surface area contributed by atoms with E-state index >= 15 is 0 Å². The fourth-order valence-corrected chi connectivity index (χ4v) is 2.40. The lowest BCUT2D eigenvalue weighted by Gasteiger charge is -2.10. The second kappa shape index (κ2) is 7.55. The Morgan fingerprint density at radius 1 is 0.958 bits per heavy atom. The molecule has 5 heteroatoms. The van der Waals surface area contributed by atoms with Crippen LogP contribution in [0, 0.1) is 12.7 Å². The number of nitrogens with zero attached hydrogens (tertiary/aromatic N) is 2. The predicted molar refractivity (Wildman–Crippen MR) is 95.1 cm³/mol. The molecule has 4 nitrogen and oxygen atoms in total. The van der Waals surface area contributed by atoms with Gasteiger partial charge in [0.25, 0.3) is 0 Å². The topological polar surface area (TPSA) is 49.8 Å². The number of halogens is 1. The second-order valence-electron chi connectivity index (χ2n) is 5.50. The molecule has 24 heavy (non-hydrogen) atoms. The molecule has 2 N–H and O–H groups in total. The van der Waals surface area contributed by atoms with Crippen molar-refractivity contribution in [2.45, 2.75) is 13.3 Å². The molecule has 122 valence electrons. The van der Waals surface area contributed by atoms with Gasteiger partial charge >= 0.3 is 0 Å². The number of benzene rings is 2.